The normalized spacial score (nSPS) is 14.9. The molecule has 27 heavy (non-hydrogen) atoms. The molecule has 5 nitrogen and oxygen atoms in total. The number of ether oxygens (including phenoxy) is 2. The zero-order chi connectivity index (χ0) is 19.2. The predicted octanol–water partition coefficient (Wildman–Crippen LogP) is 1.31. The van der Waals surface area contributed by atoms with Gasteiger partial charge in [0, 0.05) is 5.56 Å². The fraction of sp³-hybridized carbons (Fsp3) is 0.381. The van der Waals surface area contributed by atoms with Gasteiger partial charge < -0.3 is 19.3 Å². The molecule has 0 aliphatic carbocycles. The van der Waals surface area contributed by atoms with Crippen LogP contribution in [0.25, 0.3) is 0 Å². The van der Waals surface area contributed by atoms with Gasteiger partial charge in [0.1, 0.15) is 12.3 Å². The van der Waals surface area contributed by atoms with Gasteiger partial charge in [0.15, 0.2) is 11.6 Å². The standard InChI is InChI=1S/C21H25FN2O3/c1-26-18-6-3-16(4-7-18)15-23-9-11-24(12-10-23)21(25)14-17-5-8-20(27-2)19(22)13-17/h3-8,13H,9-12,14-15H2,1-2H3/p+1. The maximum atomic E-state index is 13.8. The largest absolute Gasteiger partial charge is 0.497 e. The van der Waals surface area contributed by atoms with E-state index < -0.39 is 5.82 Å². The Morgan fingerprint density at radius 3 is 2.30 bits per heavy atom. The van der Waals surface area contributed by atoms with E-state index in [0.29, 0.717) is 5.56 Å². The summed E-state index contributed by atoms with van der Waals surface area (Å²) < 4.78 is 23.9. The van der Waals surface area contributed by atoms with Crippen LogP contribution in [-0.4, -0.2) is 51.2 Å². The van der Waals surface area contributed by atoms with Crippen molar-refractivity contribution in [2.24, 2.45) is 0 Å². The van der Waals surface area contributed by atoms with E-state index in [2.05, 4.69) is 12.1 Å². The van der Waals surface area contributed by atoms with Crippen molar-refractivity contribution >= 4 is 5.91 Å². The molecule has 1 amide bonds. The molecule has 1 fully saturated rings. The molecule has 3 rings (SSSR count). The third-order valence-electron chi connectivity index (χ3n) is 5.01. The molecule has 1 heterocycles. The number of halogens is 1. The van der Waals surface area contributed by atoms with Crippen molar-refractivity contribution in [2.75, 3.05) is 40.4 Å². The quantitative estimate of drug-likeness (QED) is 0.831. The number of quaternary nitrogens is 1. The summed E-state index contributed by atoms with van der Waals surface area (Å²) >= 11 is 0. The van der Waals surface area contributed by atoms with E-state index in [9.17, 15) is 9.18 Å². The van der Waals surface area contributed by atoms with E-state index in [-0.39, 0.29) is 18.1 Å². The molecule has 2 aromatic rings. The Labute approximate surface area is 159 Å². The first-order valence-corrected chi connectivity index (χ1v) is 9.15. The molecule has 0 bridgehead atoms. The predicted molar refractivity (Wildman–Crippen MR) is 101 cm³/mol. The molecule has 0 atom stereocenters. The number of piperazine rings is 1. The highest BCUT2D eigenvalue weighted by atomic mass is 19.1. The highest BCUT2D eigenvalue weighted by Crippen LogP contribution is 2.18. The monoisotopic (exact) mass is 373 g/mol. The number of hydrogen-bond acceptors (Lipinski definition) is 3. The summed E-state index contributed by atoms with van der Waals surface area (Å²) in [7, 11) is 3.09. The number of amides is 1. The SMILES string of the molecule is COc1ccc(C[NH+]2CCN(C(=O)Cc3ccc(OC)c(F)c3)CC2)cc1. The van der Waals surface area contributed by atoms with Crippen molar-refractivity contribution in [3.8, 4) is 11.5 Å². The first kappa shape index (κ1) is 19.2. The lowest BCUT2D eigenvalue weighted by molar-refractivity contribution is -0.917. The van der Waals surface area contributed by atoms with Gasteiger partial charge in [-0.1, -0.05) is 6.07 Å². The van der Waals surface area contributed by atoms with Crippen molar-refractivity contribution in [3.63, 3.8) is 0 Å². The zero-order valence-corrected chi connectivity index (χ0v) is 15.8. The minimum Gasteiger partial charge on any atom is -0.497 e. The Kier molecular flexibility index (Phi) is 6.29. The summed E-state index contributed by atoms with van der Waals surface area (Å²) in [5, 5.41) is 0. The molecular formula is C21H26FN2O3+. The van der Waals surface area contributed by atoms with Crippen LogP contribution in [0.5, 0.6) is 11.5 Å². The maximum Gasteiger partial charge on any atom is 0.227 e. The molecule has 2 aromatic carbocycles. The third kappa shape index (κ3) is 4.98. The molecule has 1 N–H and O–H groups in total. The Morgan fingerprint density at radius 1 is 1.04 bits per heavy atom. The van der Waals surface area contributed by atoms with Crippen LogP contribution in [-0.2, 0) is 17.8 Å². The van der Waals surface area contributed by atoms with Crippen LogP contribution in [0.3, 0.4) is 0 Å². The number of nitrogens with zero attached hydrogens (tertiary/aromatic N) is 1. The van der Waals surface area contributed by atoms with Gasteiger partial charge in [0.2, 0.25) is 5.91 Å². The van der Waals surface area contributed by atoms with Crippen molar-refractivity contribution in [1.82, 2.24) is 4.90 Å². The molecule has 0 saturated carbocycles. The lowest BCUT2D eigenvalue weighted by Crippen LogP contribution is -3.13. The van der Waals surface area contributed by atoms with Gasteiger partial charge in [0.05, 0.1) is 46.8 Å². The fourth-order valence-electron chi connectivity index (χ4n) is 3.39. The van der Waals surface area contributed by atoms with E-state index in [4.69, 9.17) is 9.47 Å². The topological polar surface area (TPSA) is 43.2 Å². The van der Waals surface area contributed by atoms with Gasteiger partial charge in [-0.05, 0) is 42.0 Å². The minimum atomic E-state index is -0.434. The summed E-state index contributed by atoms with van der Waals surface area (Å²) in [6, 6.07) is 12.8. The van der Waals surface area contributed by atoms with Crippen molar-refractivity contribution in [3.05, 3.63) is 59.4 Å². The van der Waals surface area contributed by atoms with Crippen LogP contribution in [0.2, 0.25) is 0 Å². The number of benzene rings is 2. The molecule has 1 aliphatic heterocycles. The van der Waals surface area contributed by atoms with Crippen LogP contribution >= 0.6 is 0 Å². The molecule has 0 radical (unpaired) electrons. The molecule has 1 aliphatic rings. The van der Waals surface area contributed by atoms with Crippen LogP contribution in [0.4, 0.5) is 4.39 Å². The number of carbonyl (C=O) groups excluding carboxylic acids is 1. The van der Waals surface area contributed by atoms with Crippen molar-refractivity contribution in [1.29, 1.82) is 0 Å². The summed E-state index contributed by atoms with van der Waals surface area (Å²) in [6.07, 6.45) is 0.217. The van der Waals surface area contributed by atoms with E-state index in [1.165, 1.54) is 23.6 Å². The lowest BCUT2D eigenvalue weighted by atomic mass is 10.1. The summed E-state index contributed by atoms with van der Waals surface area (Å²) in [4.78, 5) is 15.9. The maximum absolute atomic E-state index is 13.8. The Balaban J connectivity index is 1.49. The number of rotatable bonds is 6. The Bertz CT molecular complexity index is 771. The molecule has 0 aromatic heterocycles. The van der Waals surface area contributed by atoms with Crippen LogP contribution in [0.15, 0.2) is 42.5 Å². The number of nitrogens with one attached hydrogen (secondary N) is 1. The van der Waals surface area contributed by atoms with Crippen LogP contribution in [0.1, 0.15) is 11.1 Å². The van der Waals surface area contributed by atoms with E-state index in [1.54, 1.807) is 19.2 Å². The number of carbonyl (C=O) groups is 1. The summed E-state index contributed by atoms with van der Waals surface area (Å²) in [6.45, 7) is 4.21. The first-order chi connectivity index (χ1) is 13.1. The van der Waals surface area contributed by atoms with Crippen molar-refractivity contribution < 1.29 is 23.6 Å². The van der Waals surface area contributed by atoms with Gasteiger partial charge in [-0.2, -0.15) is 0 Å². The van der Waals surface area contributed by atoms with Crippen molar-refractivity contribution in [2.45, 2.75) is 13.0 Å². The average Bonchev–Trinajstić information content (AvgIpc) is 2.69. The first-order valence-electron chi connectivity index (χ1n) is 9.15. The van der Waals surface area contributed by atoms with Gasteiger partial charge in [-0.25, -0.2) is 4.39 Å². The zero-order valence-electron chi connectivity index (χ0n) is 15.8. The van der Waals surface area contributed by atoms with Gasteiger partial charge >= 0.3 is 0 Å². The smallest absolute Gasteiger partial charge is 0.227 e. The summed E-state index contributed by atoms with van der Waals surface area (Å²) in [5.41, 5.74) is 1.94. The van der Waals surface area contributed by atoms with E-state index in [1.807, 2.05) is 17.0 Å². The highest BCUT2D eigenvalue weighted by Gasteiger charge is 2.24. The second-order valence-corrected chi connectivity index (χ2v) is 6.80. The minimum absolute atomic E-state index is 0.0445. The summed E-state index contributed by atoms with van der Waals surface area (Å²) in [5.74, 6) is 0.667. The number of methoxy groups -OCH3 is 2. The molecule has 1 saturated heterocycles. The van der Waals surface area contributed by atoms with Gasteiger partial charge in [-0.3, -0.25) is 4.79 Å². The van der Waals surface area contributed by atoms with E-state index >= 15 is 0 Å². The lowest BCUT2D eigenvalue weighted by Gasteiger charge is -2.32. The third-order valence-corrected chi connectivity index (χ3v) is 5.01. The molecule has 6 heteroatoms. The molecule has 0 unspecified atom stereocenters. The van der Waals surface area contributed by atoms with Crippen LogP contribution in [0, 0.1) is 5.82 Å². The Hall–Kier alpha value is -2.60. The van der Waals surface area contributed by atoms with Crippen LogP contribution < -0.4 is 14.4 Å². The highest BCUT2D eigenvalue weighted by molar-refractivity contribution is 5.78. The Morgan fingerprint density at radius 2 is 1.70 bits per heavy atom. The van der Waals surface area contributed by atoms with Gasteiger partial charge in [0.25, 0.3) is 0 Å². The fourth-order valence-corrected chi connectivity index (χ4v) is 3.39. The molecule has 0 spiro atoms. The average molecular weight is 373 g/mol. The molecule has 144 valence electrons. The van der Waals surface area contributed by atoms with Gasteiger partial charge in [-0.15, -0.1) is 0 Å². The van der Waals surface area contributed by atoms with E-state index in [0.717, 1.165) is 38.5 Å². The molecular weight excluding hydrogens is 347 g/mol. The second kappa shape index (κ2) is 8.86. The number of hydrogen-bond donors (Lipinski definition) is 1. The second-order valence-electron chi connectivity index (χ2n) is 6.80.